The first-order valence-electron chi connectivity index (χ1n) is 8.51. The van der Waals surface area contributed by atoms with E-state index in [0.717, 1.165) is 5.39 Å². The molecule has 6 heteroatoms. The molecule has 0 spiro atoms. The minimum atomic E-state index is -0.208. The van der Waals surface area contributed by atoms with E-state index in [4.69, 9.17) is 0 Å². The van der Waals surface area contributed by atoms with Crippen molar-refractivity contribution in [1.82, 2.24) is 15.5 Å². The van der Waals surface area contributed by atoms with Crippen LogP contribution < -0.4 is 16.2 Å². The van der Waals surface area contributed by atoms with E-state index in [0.29, 0.717) is 29.9 Å². The van der Waals surface area contributed by atoms with Crippen LogP contribution in [0.2, 0.25) is 0 Å². The molecule has 0 atom stereocenters. The number of hydrogen-bond acceptors (Lipinski definition) is 4. The molecule has 0 saturated heterocycles. The fourth-order valence-corrected chi connectivity index (χ4v) is 2.65. The SMILES string of the molecule is CC(C)(CNC(=O)c1ccccc1)CNc1n[nH]c(=O)c2ccccc12. The first-order valence-corrected chi connectivity index (χ1v) is 8.51. The molecule has 1 heterocycles. The lowest BCUT2D eigenvalue weighted by Crippen LogP contribution is -2.38. The molecule has 2 aromatic carbocycles. The average Bonchev–Trinajstić information content (AvgIpc) is 2.67. The number of carbonyl (C=O) groups excluding carboxylic acids is 1. The van der Waals surface area contributed by atoms with E-state index < -0.39 is 0 Å². The Balaban J connectivity index is 1.64. The van der Waals surface area contributed by atoms with Crippen molar-refractivity contribution in [2.24, 2.45) is 5.41 Å². The Morgan fingerprint density at radius 1 is 1.00 bits per heavy atom. The number of anilines is 1. The number of H-pyrrole nitrogens is 1. The molecule has 0 aliphatic rings. The topological polar surface area (TPSA) is 86.9 Å². The van der Waals surface area contributed by atoms with Gasteiger partial charge in [-0.05, 0) is 23.6 Å². The van der Waals surface area contributed by atoms with Gasteiger partial charge in [0.2, 0.25) is 0 Å². The third kappa shape index (κ3) is 4.08. The molecule has 0 bridgehead atoms. The van der Waals surface area contributed by atoms with Crippen LogP contribution in [0.1, 0.15) is 24.2 Å². The van der Waals surface area contributed by atoms with Crippen LogP contribution in [0.3, 0.4) is 0 Å². The number of nitrogens with zero attached hydrogens (tertiary/aromatic N) is 1. The molecule has 0 unspecified atom stereocenters. The summed E-state index contributed by atoms with van der Waals surface area (Å²) in [6.45, 7) is 5.21. The Hall–Kier alpha value is -3.15. The Bertz CT molecular complexity index is 964. The number of rotatable bonds is 6. The number of carbonyl (C=O) groups is 1. The second kappa shape index (κ2) is 7.39. The summed E-state index contributed by atoms with van der Waals surface area (Å²) in [4.78, 5) is 24.0. The summed E-state index contributed by atoms with van der Waals surface area (Å²) in [7, 11) is 0. The molecule has 0 aliphatic carbocycles. The van der Waals surface area contributed by atoms with Crippen molar-refractivity contribution in [3.8, 4) is 0 Å². The fourth-order valence-electron chi connectivity index (χ4n) is 2.65. The fraction of sp³-hybridized carbons (Fsp3) is 0.250. The van der Waals surface area contributed by atoms with Gasteiger partial charge in [0.05, 0.1) is 5.39 Å². The van der Waals surface area contributed by atoms with Crippen molar-refractivity contribution >= 4 is 22.5 Å². The number of aromatic nitrogens is 2. The van der Waals surface area contributed by atoms with Crippen molar-refractivity contribution in [1.29, 1.82) is 0 Å². The molecular weight excluding hydrogens is 328 g/mol. The predicted octanol–water partition coefficient (Wildman–Crippen LogP) is 2.79. The Kier molecular flexibility index (Phi) is 5.02. The summed E-state index contributed by atoms with van der Waals surface area (Å²) >= 11 is 0. The van der Waals surface area contributed by atoms with Crippen molar-refractivity contribution in [2.75, 3.05) is 18.4 Å². The quantitative estimate of drug-likeness (QED) is 0.638. The van der Waals surface area contributed by atoms with Crippen molar-refractivity contribution in [2.45, 2.75) is 13.8 Å². The monoisotopic (exact) mass is 350 g/mol. The smallest absolute Gasteiger partial charge is 0.272 e. The molecule has 0 fully saturated rings. The molecule has 6 nitrogen and oxygen atoms in total. The zero-order valence-corrected chi connectivity index (χ0v) is 14.9. The van der Waals surface area contributed by atoms with Crippen LogP contribution in [0, 0.1) is 5.41 Å². The molecule has 26 heavy (non-hydrogen) atoms. The minimum absolute atomic E-state index is 0.0914. The van der Waals surface area contributed by atoms with Crippen molar-refractivity contribution < 1.29 is 4.79 Å². The van der Waals surface area contributed by atoms with Crippen LogP contribution >= 0.6 is 0 Å². The maximum absolute atomic E-state index is 12.2. The number of hydrogen-bond donors (Lipinski definition) is 3. The molecule has 3 N–H and O–H groups in total. The summed E-state index contributed by atoms with van der Waals surface area (Å²) in [5.41, 5.74) is 0.230. The van der Waals surface area contributed by atoms with E-state index in [-0.39, 0.29) is 16.9 Å². The van der Waals surface area contributed by atoms with Crippen LogP contribution in [-0.2, 0) is 0 Å². The standard InChI is InChI=1S/C20H22N4O2/c1-20(2,13-22-18(25)14-8-4-3-5-9-14)12-21-17-15-10-6-7-11-16(15)19(26)24-23-17/h3-11H,12-13H2,1-2H3,(H,21,23)(H,22,25)(H,24,26). The zero-order valence-electron chi connectivity index (χ0n) is 14.9. The zero-order chi connectivity index (χ0) is 18.6. The first-order chi connectivity index (χ1) is 12.5. The Morgan fingerprint density at radius 2 is 1.65 bits per heavy atom. The highest BCUT2D eigenvalue weighted by Gasteiger charge is 2.20. The molecule has 0 saturated carbocycles. The van der Waals surface area contributed by atoms with Gasteiger partial charge < -0.3 is 10.6 Å². The molecule has 0 radical (unpaired) electrons. The predicted molar refractivity (Wildman–Crippen MR) is 103 cm³/mol. The summed E-state index contributed by atoms with van der Waals surface area (Å²) in [6, 6.07) is 16.5. The second-order valence-corrected chi connectivity index (χ2v) is 7.01. The lowest BCUT2D eigenvalue weighted by Gasteiger charge is -2.25. The number of amides is 1. The summed E-state index contributed by atoms with van der Waals surface area (Å²) in [6.07, 6.45) is 0. The van der Waals surface area contributed by atoms with Gasteiger partial charge in [-0.2, -0.15) is 5.10 Å². The number of benzene rings is 2. The van der Waals surface area contributed by atoms with Gasteiger partial charge in [0.15, 0.2) is 5.82 Å². The Labute approximate surface area is 151 Å². The average molecular weight is 350 g/mol. The van der Waals surface area contributed by atoms with Gasteiger partial charge in [0.1, 0.15) is 0 Å². The van der Waals surface area contributed by atoms with Gasteiger partial charge in [-0.1, -0.05) is 50.2 Å². The van der Waals surface area contributed by atoms with Crippen LogP contribution in [0.25, 0.3) is 10.8 Å². The molecule has 0 aliphatic heterocycles. The lowest BCUT2D eigenvalue weighted by molar-refractivity contribution is 0.0938. The van der Waals surface area contributed by atoms with E-state index in [1.54, 1.807) is 18.2 Å². The number of fused-ring (bicyclic) bond motifs is 1. The van der Waals surface area contributed by atoms with Crippen LogP contribution in [0.15, 0.2) is 59.4 Å². The molecule has 1 amide bonds. The summed E-state index contributed by atoms with van der Waals surface area (Å²) < 4.78 is 0. The highest BCUT2D eigenvalue weighted by atomic mass is 16.1. The molecule has 1 aromatic heterocycles. The van der Waals surface area contributed by atoms with E-state index in [1.807, 2.05) is 36.4 Å². The third-order valence-electron chi connectivity index (χ3n) is 4.19. The van der Waals surface area contributed by atoms with Crippen molar-refractivity contribution in [3.05, 3.63) is 70.5 Å². The van der Waals surface area contributed by atoms with Gasteiger partial charge in [0.25, 0.3) is 11.5 Å². The number of nitrogens with one attached hydrogen (secondary N) is 3. The summed E-state index contributed by atoms with van der Waals surface area (Å²) in [5, 5.41) is 14.3. The van der Waals surface area contributed by atoms with E-state index in [9.17, 15) is 9.59 Å². The van der Waals surface area contributed by atoms with E-state index >= 15 is 0 Å². The van der Waals surface area contributed by atoms with Gasteiger partial charge in [0, 0.05) is 24.0 Å². The van der Waals surface area contributed by atoms with Gasteiger partial charge in [-0.15, -0.1) is 0 Å². The largest absolute Gasteiger partial charge is 0.368 e. The molecule has 134 valence electrons. The van der Waals surface area contributed by atoms with Crippen molar-refractivity contribution in [3.63, 3.8) is 0 Å². The normalized spacial score (nSPS) is 11.3. The van der Waals surface area contributed by atoms with Crippen LogP contribution in [0.4, 0.5) is 5.82 Å². The molecular formula is C20H22N4O2. The molecule has 3 aromatic rings. The maximum atomic E-state index is 12.2. The van der Waals surface area contributed by atoms with Gasteiger partial charge in [-0.25, -0.2) is 5.10 Å². The van der Waals surface area contributed by atoms with Gasteiger partial charge in [-0.3, -0.25) is 9.59 Å². The highest BCUT2D eigenvalue weighted by molar-refractivity contribution is 5.94. The summed E-state index contributed by atoms with van der Waals surface area (Å²) in [5.74, 6) is 0.536. The maximum Gasteiger partial charge on any atom is 0.272 e. The van der Waals surface area contributed by atoms with E-state index in [1.165, 1.54) is 0 Å². The third-order valence-corrected chi connectivity index (χ3v) is 4.19. The van der Waals surface area contributed by atoms with Crippen LogP contribution in [0.5, 0.6) is 0 Å². The van der Waals surface area contributed by atoms with Gasteiger partial charge >= 0.3 is 0 Å². The second-order valence-electron chi connectivity index (χ2n) is 7.01. The molecule has 3 rings (SSSR count). The lowest BCUT2D eigenvalue weighted by atomic mass is 9.93. The Morgan fingerprint density at radius 3 is 2.38 bits per heavy atom. The minimum Gasteiger partial charge on any atom is -0.368 e. The van der Waals surface area contributed by atoms with Crippen LogP contribution in [-0.4, -0.2) is 29.2 Å². The first kappa shape index (κ1) is 17.7. The van der Waals surface area contributed by atoms with E-state index in [2.05, 4.69) is 34.7 Å². The number of aromatic amines is 1. The highest BCUT2D eigenvalue weighted by Crippen LogP contribution is 2.20.